The summed E-state index contributed by atoms with van der Waals surface area (Å²) in [5, 5.41) is 34.1. The summed E-state index contributed by atoms with van der Waals surface area (Å²) in [5.41, 5.74) is 0. The smallest absolute Gasteiger partial charge is 0.151 e. The molecule has 0 spiro atoms. The molecule has 0 aliphatic rings. The maximum absolute atomic E-state index is 9.76. The Morgan fingerprint density at radius 3 is 2.00 bits per heavy atom. The fourth-order valence-corrected chi connectivity index (χ4v) is 0.416. The van der Waals surface area contributed by atoms with Gasteiger partial charge in [0, 0.05) is 37.7 Å². The predicted octanol–water partition coefficient (Wildman–Crippen LogP) is -3.12. The number of aliphatic hydroxyl groups excluding tert-OH is 4. The third-order valence-electron chi connectivity index (χ3n) is 1.07. The number of hydrogen-bond donors (Lipinski definition) is 4. The predicted molar refractivity (Wildman–Crippen MR) is 36.9 cm³/mol. The number of aldehydes is 1. The second-order valence-corrected chi connectivity index (χ2v) is 1.87. The zero-order chi connectivity index (χ0) is 8.15. The summed E-state index contributed by atoms with van der Waals surface area (Å²) < 4.78 is 0. The van der Waals surface area contributed by atoms with Gasteiger partial charge in [-0.1, -0.05) is 0 Å². The fraction of sp³-hybridized carbons (Fsp3) is 0.800. The van der Waals surface area contributed by atoms with Crippen molar-refractivity contribution in [3.63, 3.8) is 0 Å². The first-order valence-corrected chi connectivity index (χ1v) is 2.73. The van der Waals surface area contributed by atoms with Crippen LogP contribution in [0.1, 0.15) is 0 Å². The van der Waals surface area contributed by atoms with Crippen molar-refractivity contribution in [2.24, 2.45) is 0 Å². The Balaban J connectivity index is 0. The molecule has 0 rings (SSSR count). The summed E-state index contributed by atoms with van der Waals surface area (Å²) in [6.45, 7) is -0.688. The molecule has 0 aromatic heterocycles. The molecule has 0 fully saturated rings. The minimum absolute atomic E-state index is 0. The Kier molecular flexibility index (Phi) is 9.65. The first-order valence-electron chi connectivity index (χ1n) is 2.73. The van der Waals surface area contributed by atoms with Gasteiger partial charge < -0.3 is 25.2 Å². The van der Waals surface area contributed by atoms with E-state index in [0.29, 0.717) is 0 Å². The molecular weight excluding hydrogens is 180 g/mol. The van der Waals surface area contributed by atoms with Crippen molar-refractivity contribution >= 4 is 44.0 Å². The molecule has 0 saturated heterocycles. The molecular formula is C5H10CaO5. The van der Waals surface area contributed by atoms with Crippen molar-refractivity contribution in [2.75, 3.05) is 6.61 Å². The molecule has 0 bridgehead atoms. The molecule has 0 aliphatic heterocycles. The van der Waals surface area contributed by atoms with Crippen LogP contribution in [-0.4, -0.2) is 89.4 Å². The molecule has 0 unspecified atom stereocenters. The van der Waals surface area contributed by atoms with E-state index in [0.717, 1.165) is 0 Å². The van der Waals surface area contributed by atoms with Crippen LogP contribution in [0.15, 0.2) is 0 Å². The van der Waals surface area contributed by atoms with Crippen LogP contribution < -0.4 is 0 Å². The molecule has 5 nitrogen and oxygen atoms in total. The maximum atomic E-state index is 9.76. The van der Waals surface area contributed by atoms with Gasteiger partial charge in [-0.25, -0.2) is 0 Å². The molecule has 0 aromatic rings. The van der Waals surface area contributed by atoms with Gasteiger partial charge in [-0.05, 0) is 0 Å². The first-order chi connectivity index (χ1) is 4.63. The van der Waals surface area contributed by atoms with Gasteiger partial charge in [0.05, 0.1) is 6.61 Å². The van der Waals surface area contributed by atoms with Crippen molar-refractivity contribution in [1.82, 2.24) is 0 Å². The van der Waals surface area contributed by atoms with Crippen LogP contribution in [0.3, 0.4) is 0 Å². The Morgan fingerprint density at radius 2 is 1.73 bits per heavy atom. The van der Waals surface area contributed by atoms with Crippen LogP contribution in [0.25, 0.3) is 0 Å². The van der Waals surface area contributed by atoms with Gasteiger partial charge in [-0.2, -0.15) is 0 Å². The van der Waals surface area contributed by atoms with E-state index in [-0.39, 0.29) is 44.0 Å². The molecule has 0 saturated carbocycles. The molecule has 11 heavy (non-hydrogen) atoms. The van der Waals surface area contributed by atoms with Gasteiger partial charge in [0.1, 0.15) is 18.3 Å². The van der Waals surface area contributed by atoms with Crippen LogP contribution >= 0.6 is 0 Å². The molecule has 0 amide bonds. The molecule has 0 heterocycles. The summed E-state index contributed by atoms with van der Waals surface area (Å²) >= 11 is 0. The van der Waals surface area contributed by atoms with Gasteiger partial charge in [-0.3, -0.25) is 0 Å². The molecule has 0 aromatic carbocycles. The SMILES string of the molecule is O=C[C@@H](O)[C@H](O)[C@H](O)CO.[Ca]. The van der Waals surface area contributed by atoms with E-state index in [1.54, 1.807) is 0 Å². The van der Waals surface area contributed by atoms with Crippen LogP contribution in [0, 0.1) is 0 Å². The minimum Gasteiger partial charge on any atom is -0.394 e. The Hall–Kier alpha value is 0.770. The number of carbonyl (C=O) groups is 1. The zero-order valence-electron chi connectivity index (χ0n) is 5.92. The number of carbonyl (C=O) groups excluding carboxylic acids is 1. The van der Waals surface area contributed by atoms with Gasteiger partial charge in [0.2, 0.25) is 0 Å². The van der Waals surface area contributed by atoms with E-state index >= 15 is 0 Å². The van der Waals surface area contributed by atoms with Crippen molar-refractivity contribution in [3.8, 4) is 0 Å². The zero-order valence-corrected chi connectivity index (χ0v) is 8.13. The van der Waals surface area contributed by atoms with Crippen LogP contribution in [0.4, 0.5) is 0 Å². The second-order valence-electron chi connectivity index (χ2n) is 1.87. The molecule has 3 atom stereocenters. The van der Waals surface area contributed by atoms with Crippen LogP contribution in [0.5, 0.6) is 0 Å². The van der Waals surface area contributed by atoms with E-state index in [1.165, 1.54) is 0 Å². The molecule has 2 radical (unpaired) electrons. The number of hydrogen-bond acceptors (Lipinski definition) is 5. The van der Waals surface area contributed by atoms with Crippen LogP contribution in [0.2, 0.25) is 0 Å². The quantitative estimate of drug-likeness (QED) is 0.278. The van der Waals surface area contributed by atoms with Crippen molar-refractivity contribution in [3.05, 3.63) is 0 Å². The molecule has 0 aliphatic carbocycles. The van der Waals surface area contributed by atoms with E-state index in [1.807, 2.05) is 0 Å². The van der Waals surface area contributed by atoms with Gasteiger partial charge in [0.25, 0.3) is 0 Å². The summed E-state index contributed by atoms with van der Waals surface area (Å²) in [7, 11) is 0. The van der Waals surface area contributed by atoms with Gasteiger partial charge in [-0.15, -0.1) is 0 Å². The van der Waals surface area contributed by atoms with Crippen molar-refractivity contribution in [1.29, 1.82) is 0 Å². The Labute approximate surface area is 93.7 Å². The monoisotopic (exact) mass is 190 g/mol. The largest absolute Gasteiger partial charge is 0.394 e. The van der Waals surface area contributed by atoms with E-state index < -0.39 is 24.9 Å². The third kappa shape index (κ3) is 5.08. The average Bonchev–Trinajstić information content (AvgIpc) is 2.00. The van der Waals surface area contributed by atoms with E-state index in [4.69, 9.17) is 20.4 Å². The second kappa shape index (κ2) is 7.42. The summed E-state index contributed by atoms with van der Waals surface area (Å²) in [6.07, 6.45) is -4.63. The van der Waals surface area contributed by atoms with Crippen molar-refractivity contribution < 1.29 is 25.2 Å². The number of aliphatic hydroxyl groups is 4. The summed E-state index contributed by atoms with van der Waals surface area (Å²) in [6, 6.07) is 0. The maximum Gasteiger partial charge on any atom is 0.151 e. The van der Waals surface area contributed by atoms with Gasteiger partial charge in [0.15, 0.2) is 6.29 Å². The summed E-state index contributed by atoms with van der Waals surface area (Å²) in [4.78, 5) is 9.76. The van der Waals surface area contributed by atoms with E-state index in [9.17, 15) is 4.79 Å². The minimum atomic E-state index is -1.64. The Morgan fingerprint density at radius 1 is 1.27 bits per heavy atom. The molecule has 4 N–H and O–H groups in total. The summed E-state index contributed by atoms with van der Waals surface area (Å²) in [5.74, 6) is 0. The topological polar surface area (TPSA) is 98.0 Å². The van der Waals surface area contributed by atoms with Crippen molar-refractivity contribution in [2.45, 2.75) is 18.3 Å². The number of rotatable bonds is 4. The normalized spacial score (nSPS) is 17.8. The fourth-order valence-electron chi connectivity index (χ4n) is 0.416. The standard InChI is InChI=1S/C5H10O5.Ca/c6-1-3(8)5(10)4(9)2-7;/h1,3-5,7-10H,2H2;/t3-,4-,5+;/m1./s1. The van der Waals surface area contributed by atoms with E-state index in [2.05, 4.69) is 0 Å². The third-order valence-corrected chi connectivity index (χ3v) is 1.07. The average molecular weight is 190 g/mol. The molecule has 62 valence electrons. The first kappa shape index (κ1) is 14.3. The van der Waals surface area contributed by atoms with Crippen LogP contribution in [-0.2, 0) is 4.79 Å². The van der Waals surface area contributed by atoms with Gasteiger partial charge >= 0.3 is 0 Å². The Bertz CT molecular complexity index is 109. The molecule has 6 heteroatoms.